The van der Waals surface area contributed by atoms with Crippen molar-refractivity contribution >= 4 is 5.91 Å². The van der Waals surface area contributed by atoms with Gasteiger partial charge in [-0.3, -0.25) is 10.1 Å². The first-order valence-corrected chi connectivity index (χ1v) is 8.58. The highest BCUT2D eigenvalue weighted by Gasteiger charge is 2.50. The molecule has 2 aromatic rings. The van der Waals surface area contributed by atoms with Crippen molar-refractivity contribution < 1.29 is 13.6 Å². The number of likely N-dealkylation sites (N-methyl/N-ethyl adjacent to an activating group) is 1. The summed E-state index contributed by atoms with van der Waals surface area (Å²) >= 11 is 0. The number of rotatable bonds is 2. The number of nitrogens with zero attached hydrogens (tertiary/aromatic N) is 1. The zero-order chi connectivity index (χ0) is 17.6. The van der Waals surface area contributed by atoms with E-state index in [9.17, 15) is 13.6 Å². The van der Waals surface area contributed by atoms with Gasteiger partial charge in [-0.25, -0.2) is 8.78 Å². The summed E-state index contributed by atoms with van der Waals surface area (Å²) in [4.78, 5) is 14.2. The maximum absolute atomic E-state index is 14.5. The molecule has 0 saturated carbocycles. The Morgan fingerprint density at radius 3 is 2.64 bits per heavy atom. The molecule has 1 spiro atoms. The second-order valence-corrected chi connectivity index (χ2v) is 7.01. The lowest BCUT2D eigenvalue weighted by Gasteiger charge is -2.24. The fraction of sp³-hybridized carbons (Fsp3) is 0.350. The molecule has 2 aliphatic rings. The van der Waals surface area contributed by atoms with Crippen LogP contribution in [0.15, 0.2) is 42.5 Å². The van der Waals surface area contributed by atoms with Crippen LogP contribution in [0.1, 0.15) is 30.9 Å². The highest BCUT2D eigenvalue weighted by molar-refractivity contribution is 5.88. The van der Waals surface area contributed by atoms with E-state index >= 15 is 0 Å². The van der Waals surface area contributed by atoms with Gasteiger partial charge < -0.3 is 4.90 Å². The average Bonchev–Trinajstić information content (AvgIpc) is 3.16. The molecule has 2 fully saturated rings. The topological polar surface area (TPSA) is 32.3 Å². The minimum atomic E-state index is -0.570. The van der Waals surface area contributed by atoms with E-state index in [0.717, 1.165) is 13.0 Å². The first kappa shape index (κ1) is 16.2. The van der Waals surface area contributed by atoms with Crippen molar-refractivity contribution in [2.75, 3.05) is 13.6 Å². The number of likely N-dealkylation sites (tertiary alicyclic amines) is 1. The highest BCUT2D eigenvalue weighted by atomic mass is 19.1. The van der Waals surface area contributed by atoms with Crippen molar-refractivity contribution in [2.45, 2.75) is 30.8 Å². The lowest BCUT2D eigenvalue weighted by molar-refractivity contribution is -0.131. The van der Waals surface area contributed by atoms with Crippen molar-refractivity contribution in [1.29, 1.82) is 0 Å². The van der Waals surface area contributed by atoms with Crippen LogP contribution in [0, 0.1) is 11.6 Å². The van der Waals surface area contributed by atoms with Crippen LogP contribution in [0.3, 0.4) is 0 Å². The number of carbonyl (C=O) groups is 1. The minimum Gasteiger partial charge on any atom is -0.344 e. The third-order valence-corrected chi connectivity index (χ3v) is 5.50. The predicted octanol–water partition coefficient (Wildman–Crippen LogP) is 3.66. The third kappa shape index (κ3) is 2.63. The fourth-order valence-electron chi connectivity index (χ4n) is 4.07. The number of halogens is 2. The Kier molecular flexibility index (Phi) is 3.84. The fourth-order valence-corrected chi connectivity index (χ4v) is 4.07. The number of benzene rings is 2. The molecule has 1 N–H and O–H groups in total. The van der Waals surface area contributed by atoms with E-state index in [4.69, 9.17) is 0 Å². The largest absolute Gasteiger partial charge is 0.344 e. The molecular weight excluding hydrogens is 322 g/mol. The number of carbonyl (C=O) groups excluding carboxylic acids is 1. The Hall–Kier alpha value is -2.27. The number of hydrogen-bond donors (Lipinski definition) is 1. The van der Waals surface area contributed by atoms with Gasteiger partial charge in [0.1, 0.15) is 17.2 Å². The molecule has 2 aliphatic heterocycles. The van der Waals surface area contributed by atoms with Crippen LogP contribution in [0.25, 0.3) is 11.1 Å². The van der Waals surface area contributed by atoms with E-state index in [1.165, 1.54) is 12.1 Å². The lowest BCUT2D eigenvalue weighted by atomic mass is 9.95. The molecule has 4 rings (SSSR count). The summed E-state index contributed by atoms with van der Waals surface area (Å²) in [5, 5.41) is 3.37. The maximum Gasteiger partial charge on any atom is 0.242 e. The van der Waals surface area contributed by atoms with Gasteiger partial charge in [0.05, 0.1) is 0 Å². The lowest BCUT2D eigenvalue weighted by Crippen LogP contribution is -2.47. The summed E-state index contributed by atoms with van der Waals surface area (Å²) < 4.78 is 28.5. The second kappa shape index (κ2) is 5.92. The van der Waals surface area contributed by atoms with Crippen molar-refractivity contribution in [3.63, 3.8) is 0 Å². The zero-order valence-electron chi connectivity index (χ0n) is 14.1. The summed E-state index contributed by atoms with van der Waals surface area (Å²) in [6.07, 6.45) is 2.13. The van der Waals surface area contributed by atoms with Crippen LogP contribution in [0.4, 0.5) is 8.78 Å². The van der Waals surface area contributed by atoms with E-state index < -0.39 is 5.54 Å². The van der Waals surface area contributed by atoms with E-state index in [1.54, 1.807) is 42.3 Å². The number of nitrogens with one attached hydrogen (secondary N) is 1. The third-order valence-electron chi connectivity index (χ3n) is 5.50. The van der Waals surface area contributed by atoms with E-state index in [2.05, 4.69) is 5.32 Å². The molecule has 3 nitrogen and oxygen atoms in total. The minimum absolute atomic E-state index is 0.0840. The monoisotopic (exact) mass is 342 g/mol. The average molecular weight is 342 g/mol. The van der Waals surface area contributed by atoms with Gasteiger partial charge in [0.2, 0.25) is 5.91 Å². The molecule has 5 heteroatoms. The summed E-state index contributed by atoms with van der Waals surface area (Å²) in [6.45, 7) is 0.719. The maximum atomic E-state index is 14.5. The standard InChI is InChI=1S/C20H20F2N2O/c1-24-11-10-20(19(24)25)9-8-18(23-20)15-12-13(6-7-17(15)22)14-4-2-3-5-16(14)21/h2-7,12,18,23H,8-11H2,1H3/t18-,20+/m0/s1. The summed E-state index contributed by atoms with van der Waals surface area (Å²) in [5.41, 5.74) is 1.03. The zero-order valence-corrected chi connectivity index (χ0v) is 14.1. The van der Waals surface area contributed by atoms with Crippen molar-refractivity contribution in [3.05, 3.63) is 59.7 Å². The molecule has 2 saturated heterocycles. The predicted molar refractivity (Wildman–Crippen MR) is 91.9 cm³/mol. The van der Waals surface area contributed by atoms with E-state index in [-0.39, 0.29) is 23.6 Å². The van der Waals surface area contributed by atoms with Crippen molar-refractivity contribution in [1.82, 2.24) is 10.2 Å². The van der Waals surface area contributed by atoms with Crippen LogP contribution in [0.2, 0.25) is 0 Å². The molecular formula is C20H20F2N2O. The molecule has 2 atom stereocenters. The summed E-state index contributed by atoms with van der Waals surface area (Å²) in [6, 6.07) is 10.9. The van der Waals surface area contributed by atoms with Gasteiger partial charge in [0, 0.05) is 30.8 Å². The Bertz CT molecular complexity index is 838. The van der Waals surface area contributed by atoms with Crippen LogP contribution in [-0.4, -0.2) is 29.9 Å². The quantitative estimate of drug-likeness (QED) is 0.903. The van der Waals surface area contributed by atoms with Gasteiger partial charge in [-0.2, -0.15) is 0 Å². The van der Waals surface area contributed by atoms with Crippen molar-refractivity contribution in [2.24, 2.45) is 0 Å². The Morgan fingerprint density at radius 1 is 1.12 bits per heavy atom. The molecule has 0 unspecified atom stereocenters. The SMILES string of the molecule is CN1CC[C@]2(CC[C@@H](c3cc(-c4ccccc4F)ccc3F)N2)C1=O. The first-order chi connectivity index (χ1) is 12.0. The van der Waals surface area contributed by atoms with Gasteiger partial charge in [0.25, 0.3) is 0 Å². The van der Waals surface area contributed by atoms with Crippen LogP contribution >= 0.6 is 0 Å². The molecule has 130 valence electrons. The van der Waals surface area contributed by atoms with Gasteiger partial charge in [-0.05, 0) is 43.0 Å². The smallest absolute Gasteiger partial charge is 0.242 e. The summed E-state index contributed by atoms with van der Waals surface area (Å²) in [5.74, 6) is -0.572. The van der Waals surface area contributed by atoms with Crippen molar-refractivity contribution in [3.8, 4) is 11.1 Å². The number of hydrogen-bond acceptors (Lipinski definition) is 2. The second-order valence-electron chi connectivity index (χ2n) is 7.01. The van der Waals surface area contributed by atoms with Crippen LogP contribution < -0.4 is 5.32 Å². The number of amides is 1. The van der Waals surface area contributed by atoms with E-state index in [1.807, 2.05) is 0 Å². The molecule has 0 radical (unpaired) electrons. The van der Waals surface area contributed by atoms with Gasteiger partial charge in [-0.15, -0.1) is 0 Å². The normalized spacial score (nSPS) is 26.0. The van der Waals surface area contributed by atoms with Crippen LogP contribution in [-0.2, 0) is 4.79 Å². The molecule has 2 heterocycles. The van der Waals surface area contributed by atoms with Crippen LogP contribution in [0.5, 0.6) is 0 Å². The molecule has 1 amide bonds. The van der Waals surface area contributed by atoms with E-state index in [0.29, 0.717) is 29.5 Å². The summed E-state index contributed by atoms with van der Waals surface area (Å²) in [7, 11) is 1.80. The highest BCUT2D eigenvalue weighted by Crippen LogP contribution is 2.40. The Balaban J connectivity index is 1.67. The molecule has 25 heavy (non-hydrogen) atoms. The Morgan fingerprint density at radius 2 is 1.92 bits per heavy atom. The van der Waals surface area contributed by atoms with Gasteiger partial charge in [0.15, 0.2) is 0 Å². The van der Waals surface area contributed by atoms with Gasteiger partial charge in [-0.1, -0.05) is 24.3 Å². The molecule has 2 aromatic carbocycles. The molecule has 0 bridgehead atoms. The Labute approximate surface area is 145 Å². The van der Waals surface area contributed by atoms with Gasteiger partial charge >= 0.3 is 0 Å². The molecule has 0 aliphatic carbocycles. The first-order valence-electron chi connectivity index (χ1n) is 8.58. The molecule has 0 aromatic heterocycles.